The molecule has 0 bridgehead atoms. The Bertz CT molecular complexity index is 3920. The van der Waals surface area contributed by atoms with E-state index in [9.17, 15) is 0 Å². The van der Waals surface area contributed by atoms with E-state index in [0.29, 0.717) is 0 Å². The highest BCUT2D eigenvalue weighted by atomic mass is 16.3. The van der Waals surface area contributed by atoms with E-state index in [-0.39, 0.29) is 0 Å². The number of benzene rings is 11. The van der Waals surface area contributed by atoms with Crippen LogP contribution in [0.5, 0.6) is 0 Å². The summed E-state index contributed by atoms with van der Waals surface area (Å²) in [5.41, 5.74) is 17.9. The maximum atomic E-state index is 6.55. The molecule has 314 valence electrons. The van der Waals surface area contributed by atoms with Crippen molar-refractivity contribution < 1.29 is 4.42 Å². The summed E-state index contributed by atoms with van der Waals surface area (Å²) in [5.74, 6) is 0. The second-order valence-corrected chi connectivity index (χ2v) is 17.3. The van der Waals surface area contributed by atoms with Crippen molar-refractivity contribution in [3.05, 3.63) is 255 Å². The van der Waals surface area contributed by atoms with Gasteiger partial charge >= 0.3 is 0 Å². The van der Waals surface area contributed by atoms with E-state index in [1.807, 2.05) is 0 Å². The number of nitrogens with zero attached hydrogens (tertiary/aromatic N) is 2. The predicted octanol–water partition coefficient (Wildman–Crippen LogP) is 18.0. The minimum Gasteiger partial charge on any atom is -0.455 e. The summed E-state index contributed by atoms with van der Waals surface area (Å²) in [7, 11) is 0. The first-order chi connectivity index (χ1) is 33.2. The second-order valence-electron chi connectivity index (χ2n) is 17.3. The van der Waals surface area contributed by atoms with Gasteiger partial charge in [0.05, 0.1) is 16.7 Å². The number of furan rings is 1. The molecule has 3 heteroatoms. The summed E-state index contributed by atoms with van der Waals surface area (Å²) < 4.78 is 8.94. The van der Waals surface area contributed by atoms with Crippen LogP contribution < -0.4 is 4.90 Å². The van der Waals surface area contributed by atoms with Crippen LogP contribution >= 0.6 is 0 Å². The fourth-order valence-electron chi connectivity index (χ4n) is 10.2. The topological polar surface area (TPSA) is 21.3 Å². The largest absolute Gasteiger partial charge is 0.455 e. The van der Waals surface area contributed by atoms with Gasteiger partial charge in [0.1, 0.15) is 11.2 Å². The minimum absolute atomic E-state index is 0.883. The molecule has 0 amide bonds. The van der Waals surface area contributed by atoms with Crippen molar-refractivity contribution in [1.29, 1.82) is 0 Å². The number of aromatic nitrogens is 1. The molecule has 0 aliphatic rings. The summed E-state index contributed by atoms with van der Waals surface area (Å²) in [4.78, 5) is 2.39. The average molecular weight is 855 g/mol. The van der Waals surface area contributed by atoms with E-state index in [4.69, 9.17) is 4.42 Å². The molecule has 0 saturated heterocycles. The number of para-hydroxylation sites is 3. The predicted molar refractivity (Wildman–Crippen MR) is 282 cm³/mol. The van der Waals surface area contributed by atoms with Gasteiger partial charge in [-0.25, -0.2) is 0 Å². The molecule has 0 fully saturated rings. The van der Waals surface area contributed by atoms with Crippen LogP contribution in [-0.4, -0.2) is 4.57 Å². The summed E-state index contributed by atoms with van der Waals surface area (Å²) in [6, 6.07) is 91.9. The third-order valence-electron chi connectivity index (χ3n) is 13.4. The summed E-state index contributed by atoms with van der Waals surface area (Å²) >= 11 is 0. The second kappa shape index (κ2) is 16.0. The van der Waals surface area contributed by atoms with E-state index in [1.165, 1.54) is 43.9 Å². The van der Waals surface area contributed by atoms with Gasteiger partial charge in [0, 0.05) is 49.6 Å². The maximum Gasteiger partial charge on any atom is 0.143 e. The van der Waals surface area contributed by atoms with Gasteiger partial charge in [-0.2, -0.15) is 0 Å². The molecule has 13 rings (SSSR count). The molecule has 13 aromatic rings. The van der Waals surface area contributed by atoms with Crippen molar-refractivity contribution in [1.82, 2.24) is 4.57 Å². The Morgan fingerprint density at radius 1 is 0.313 bits per heavy atom. The van der Waals surface area contributed by atoms with Gasteiger partial charge in [0.2, 0.25) is 0 Å². The minimum atomic E-state index is 0.883. The lowest BCUT2D eigenvalue weighted by Crippen LogP contribution is -2.11. The van der Waals surface area contributed by atoms with Crippen LogP contribution in [0.15, 0.2) is 259 Å². The van der Waals surface area contributed by atoms with Gasteiger partial charge in [-0.15, -0.1) is 0 Å². The van der Waals surface area contributed by atoms with Gasteiger partial charge in [0.25, 0.3) is 0 Å². The fraction of sp³-hybridized carbons (Fsp3) is 0. The van der Waals surface area contributed by atoms with Gasteiger partial charge in [-0.05, 0) is 123 Å². The lowest BCUT2D eigenvalue weighted by molar-refractivity contribution is 0.672. The standard InChI is InChI=1S/C64H42N2O/c1-2-14-43(15-3-1)47-17-12-18-48(40-47)44-28-34-51(35-29-44)65(60-25-9-6-21-54(60)50-33-39-63-59(42-50)58-38-32-46-16-4-5-22-55(46)64(58)67-63)52-36-30-45(31-37-52)49-19-13-20-53(41-49)66-61-26-10-7-23-56(61)57-24-8-11-27-62(57)66/h1-42H. The highest BCUT2D eigenvalue weighted by molar-refractivity contribution is 6.16. The molecule has 0 N–H and O–H groups in total. The maximum absolute atomic E-state index is 6.55. The summed E-state index contributed by atoms with van der Waals surface area (Å²) in [5, 5.41) is 7.04. The molecule has 2 heterocycles. The Kier molecular flexibility index (Phi) is 9.17. The van der Waals surface area contributed by atoms with E-state index in [0.717, 1.165) is 77.9 Å². The van der Waals surface area contributed by atoms with Crippen molar-refractivity contribution >= 4 is 71.6 Å². The van der Waals surface area contributed by atoms with E-state index >= 15 is 0 Å². The van der Waals surface area contributed by atoms with Crippen LogP contribution in [0.1, 0.15) is 0 Å². The Morgan fingerprint density at radius 2 is 0.851 bits per heavy atom. The van der Waals surface area contributed by atoms with E-state index in [1.54, 1.807) is 0 Å². The van der Waals surface area contributed by atoms with Crippen molar-refractivity contribution in [3.63, 3.8) is 0 Å². The number of hydrogen-bond donors (Lipinski definition) is 0. The van der Waals surface area contributed by atoms with Crippen LogP contribution in [-0.2, 0) is 0 Å². The van der Waals surface area contributed by atoms with Gasteiger partial charge in [-0.3, -0.25) is 0 Å². The normalized spacial score (nSPS) is 11.6. The highest BCUT2D eigenvalue weighted by Crippen LogP contribution is 2.44. The molecule has 0 saturated carbocycles. The Morgan fingerprint density at radius 3 is 1.55 bits per heavy atom. The SMILES string of the molecule is c1ccc(-c2cccc(-c3ccc(N(c4ccc(-c5cccc(-n6c7ccccc7c7ccccc76)c5)cc4)c4ccccc4-c4ccc5oc6c7ccccc7ccc6c5c4)cc3)c2)cc1. The van der Waals surface area contributed by atoms with Gasteiger partial charge in [0.15, 0.2) is 0 Å². The molecular weight excluding hydrogens is 813 g/mol. The van der Waals surface area contributed by atoms with Crippen LogP contribution in [0.3, 0.4) is 0 Å². The van der Waals surface area contributed by atoms with Crippen LogP contribution in [0.4, 0.5) is 17.1 Å². The quantitative estimate of drug-likeness (QED) is 0.152. The molecule has 0 aliphatic carbocycles. The zero-order valence-electron chi connectivity index (χ0n) is 36.6. The number of fused-ring (bicyclic) bond motifs is 8. The van der Waals surface area contributed by atoms with Crippen molar-refractivity contribution in [2.24, 2.45) is 0 Å². The first kappa shape index (κ1) is 38.5. The van der Waals surface area contributed by atoms with Crippen LogP contribution in [0.25, 0.3) is 105 Å². The van der Waals surface area contributed by atoms with Crippen molar-refractivity contribution in [2.75, 3.05) is 4.90 Å². The molecule has 11 aromatic carbocycles. The molecule has 3 nitrogen and oxygen atoms in total. The summed E-state index contributed by atoms with van der Waals surface area (Å²) in [6.07, 6.45) is 0. The summed E-state index contributed by atoms with van der Waals surface area (Å²) in [6.45, 7) is 0. The third kappa shape index (κ3) is 6.67. The average Bonchev–Trinajstić information content (AvgIpc) is 3.96. The third-order valence-corrected chi connectivity index (χ3v) is 13.4. The number of rotatable bonds is 8. The van der Waals surface area contributed by atoms with Crippen LogP contribution in [0.2, 0.25) is 0 Å². The Labute approximate surface area is 388 Å². The monoisotopic (exact) mass is 854 g/mol. The Hall–Kier alpha value is -8.92. The van der Waals surface area contributed by atoms with Crippen molar-refractivity contribution in [2.45, 2.75) is 0 Å². The number of anilines is 3. The molecular formula is C64H42N2O. The zero-order chi connectivity index (χ0) is 44.3. The molecule has 0 radical (unpaired) electrons. The molecule has 0 aliphatic heterocycles. The fourth-order valence-corrected chi connectivity index (χ4v) is 10.2. The smallest absolute Gasteiger partial charge is 0.143 e. The lowest BCUT2D eigenvalue weighted by Gasteiger charge is -2.28. The first-order valence-electron chi connectivity index (χ1n) is 22.9. The highest BCUT2D eigenvalue weighted by Gasteiger charge is 2.20. The first-order valence-corrected chi connectivity index (χ1v) is 22.9. The molecule has 0 atom stereocenters. The molecule has 0 unspecified atom stereocenters. The molecule has 67 heavy (non-hydrogen) atoms. The number of hydrogen-bond acceptors (Lipinski definition) is 2. The lowest BCUT2D eigenvalue weighted by atomic mass is 9.97. The van der Waals surface area contributed by atoms with E-state index in [2.05, 4.69) is 264 Å². The van der Waals surface area contributed by atoms with Gasteiger partial charge in [-0.1, -0.05) is 176 Å². The van der Waals surface area contributed by atoms with Crippen molar-refractivity contribution in [3.8, 4) is 50.2 Å². The van der Waals surface area contributed by atoms with E-state index < -0.39 is 0 Å². The van der Waals surface area contributed by atoms with Crippen LogP contribution in [0, 0.1) is 0 Å². The molecule has 0 spiro atoms. The molecule has 2 aromatic heterocycles. The Balaban J connectivity index is 0.920. The zero-order valence-corrected chi connectivity index (χ0v) is 36.6. The van der Waals surface area contributed by atoms with Gasteiger partial charge < -0.3 is 13.9 Å².